The summed E-state index contributed by atoms with van der Waals surface area (Å²) in [6, 6.07) is 0. The third kappa shape index (κ3) is 60.9. The number of rotatable bonds is 67. The summed E-state index contributed by atoms with van der Waals surface area (Å²) in [6.07, 6.45) is 46.1. The summed E-state index contributed by atoms with van der Waals surface area (Å²) < 4.78 is 68.0. The van der Waals surface area contributed by atoms with Gasteiger partial charge in [0.25, 0.3) is 0 Å². The van der Waals surface area contributed by atoms with Gasteiger partial charge in [0, 0.05) is 25.7 Å². The molecule has 0 saturated heterocycles. The van der Waals surface area contributed by atoms with E-state index in [1.807, 2.05) is 0 Å². The van der Waals surface area contributed by atoms with Crippen molar-refractivity contribution >= 4 is 39.5 Å². The average Bonchev–Trinajstić information content (AvgIpc) is 3.49. The monoisotopic (exact) mass is 1270 g/mol. The highest BCUT2D eigenvalue weighted by Crippen LogP contribution is 2.45. The Morgan fingerprint density at radius 2 is 0.535 bits per heavy atom. The minimum Gasteiger partial charge on any atom is -0.462 e. The lowest BCUT2D eigenvalue weighted by molar-refractivity contribution is -0.161. The van der Waals surface area contributed by atoms with E-state index in [-0.39, 0.29) is 25.7 Å². The lowest BCUT2D eigenvalue weighted by Crippen LogP contribution is -2.30. The summed E-state index contributed by atoms with van der Waals surface area (Å²) >= 11 is 0. The van der Waals surface area contributed by atoms with Crippen molar-refractivity contribution in [3.63, 3.8) is 0 Å². The molecule has 0 bridgehead atoms. The van der Waals surface area contributed by atoms with E-state index in [9.17, 15) is 43.2 Å². The third-order valence-corrected chi connectivity index (χ3v) is 17.4. The highest BCUT2D eigenvalue weighted by molar-refractivity contribution is 7.47. The largest absolute Gasteiger partial charge is 0.472 e. The first-order chi connectivity index (χ1) is 41.5. The molecule has 0 heterocycles. The second kappa shape index (κ2) is 60.6. The first-order valence-electron chi connectivity index (χ1n) is 35.1. The number of hydrogen-bond acceptors (Lipinski definition) is 15. The van der Waals surface area contributed by atoms with Gasteiger partial charge in [0.15, 0.2) is 12.2 Å². The van der Waals surface area contributed by atoms with Gasteiger partial charge in [0.05, 0.1) is 26.4 Å². The molecule has 2 unspecified atom stereocenters. The molecule has 0 saturated carbocycles. The molecule has 0 amide bonds. The first-order valence-corrected chi connectivity index (χ1v) is 38.1. The van der Waals surface area contributed by atoms with Gasteiger partial charge in [-0.05, 0) is 31.6 Å². The maximum atomic E-state index is 13.0. The first kappa shape index (κ1) is 84.1. The van der Waals surface area contributed by atoms with Gasteiger partial charge in [-0.1, -0.05) is 291 Å². The predicted molar refractivity (Wildman–Crippen MR) is 345 cm³/mol. The number of phosphoric ester groups is 2. The number of carbonyl (C=O) groups excluding carboxylic acids is 4. The summed E-state index contributed by atoms with van der Waals surface area (Å²) in [5.41, 5.74) is 0. The van der Waals surface area contributed by atoms with Crippen molar-refractivity contribution in [2.75, 3.05) is 39.6 Å². The van der Waals surface area contributed by atoms with E-state index in [0.717, 1.165) is 109 Å². The molecular weight excluding hydrogens is 1140 g/mol. The topological polar surface area (TPSA) is 237 Å². The number of esters is 4. The maximum absolute atomic E-state index is 13.0. The predicted octanol–water partition coefficient (Wildman–Crippen LogP) is 19.0. The van der Waals surface area contributed by atoms with Crippen LogP contribution >= 0.6 is 15.6 Å². The van der Waals surface area contributed by atoms with Crippen molar-refractivity contribution in [1.82, 2.24) is 0 Å². The molecule has 0 rings (SSSR count). The van der Waals surface area contributed by atoms with Crippen LogP contribution in [0.15, 0.2) is 0 Å². The molecule has 86 heavy (non-hydrogen) atoms. The van der Waals surface area contributed by atoms with Crippen LogP contribution in [0.25, 0.3) is 0 Å². The van der Waals surface area contributed by atoms with Gasteiger partial charge in [-0.2, -0.15) is 0 Å². The van der Waals surface area contributed by atoms with Crippen molar-refractivity contribution in [2.45, 2.75) is 361 Å². The summed E-state index contributed by atoms with van der Waals surface area (Å²) in [4.78, 5) is 72.2. The Morgan fingerprint density at radius 1 is 0.314 bits per heavy atom. The Bertz CT molecular complexity index is 1670. The number of aliphatic hydroxyl groups is 1. The molecule has 0 aromatic rings. The van der Waals surface area contributed by atoms with Crippen LogP contribution in [0.2, 0.25) is 0 Å². The molecular formula is C67H130O17P2. The van der Waals surface area contributed by atoms with Crippen LogP contribution in [-0.2, 0) is 65.4 Å². The van der Waals surface area contributed by atoms with Gasteiger partial charge in [0.1, 0.15) is 19.3 Å². The molecule has 0 aliphatic carbocycles. The zero-order chi connectivity index (χ0) is 63.5. The van der Waals surface area contributed by atoms with Crippen LogP contribution < -0.4 is 0 Å². The van der Waals surface area contributed by atoms with Crippen LogP contribution in [0, 0.1) is 5.92 Å². The second-order valence-corrected chi connectivity index (χ2v) is 27.6. The Kier molecular flexibility index (Phi) is 59.2. The normalized spacial score (nSPS) is 14.2. The lowest BCUT2D eigenvalue weighted by Gasteiger charge is -2.21. The number of ether oxygens (including phenoxy) is 4. The van der Waals surface area contributed by atoms with E-state index < -0.39 is 97.5 Å². The molecule has 0 aliphatic rings. The van der Waals surface area contributed by atoms with Crippen molar-refractivity contribution in [3.05, 3.63) is 0 Å². The minimum absolute atomic E-state index is 0.105. The molecule has 3 N–H and O–H groups in total. The van der Waals surface area contributed by atoms with E-state index >= 15 is 0 Å². The fourth-order valence-electron chi connectivity index (χ4n) is 10.1. The molecule has 0 aliphatic heterocycles. The summed E-state index contributed by atoms with van der Waals surface area (Å²) in [6.45, 7) is 7.13. The van der Waals surface area contributed by atoms with Gasteiger partial charge in [0.2, 0.25) is 0 Å². The van der Waals surface area contributed by atoms with Crippen molar-refractivity contribution in [1.29, 1.82) is 0 Å². The van der Waals surface area contributed by atoms with Crippen LogP contribution in [-0.4, -0.2) is 96.7 Å². The summed E-state index contributed by atoms with van der Waals surface area (Å²) in [5, 5.41) is 10.5. The van der Waals surface area contributed by atoms with E-state index in [1.165, 1.54) is 154 Å². The minimum atomic E-state index is -4.95. The van der Waals surface area contributed by atoms with Gasteiger partial charge in [-0.15, -0.1) is 0 Å². The van der Waals surface area contributed by atoms with E-state index in [2.05, 4.69) is 34.6 Å². The van der Waals surface area contributed by atoms with E-state index in [1.54, 1.807) is 0 Å². The maximum Gasteiger partial charge on any atom is 0.472 e. The zero-order valence-corrected chi connectivity index (χ0v) is 57.2. The van der Waals surface area contributed by atoms with E-state index in [4.69, 9.17) is 37.0 Å². The van der Waals surface area contributed by atoms with Crippen molar-refractivity contribution in [2.24, 2.45) is 5.92 Å². The number of phosphoric acid groups is 2. The Morgan fingerprint density at radius 3 is 0.791 bits per heavy atom. The Balaban J connectivity index is 5.15. The summed E-state index contributed by atoms with van der Waals surface area (Å²) in [5.74, 6) is -1.41. The van der Waals surface area contributed by atoms with Crippen molar-refractivity contribution < 1.29 is 80.2 Å². The van der Waals surface area contributed by atoms with E-state index in [0.29, 0.717) is 25.7 Å². The van der Waals surface area contributed by atoms with Crippen LogP contribution in [0.5, 0.6) is 0 Å². The van der Waals surface area contributed by atoms with Gasteiger partial charge in [-0.3, -0.25) is 37.3 Å². The third-order valence-electron chi connectivity index (χ3n) is 15.5. The molecule has 19 heteroatoms. The fourth-order valence-corrected chi connectivity index (χ4v) is 11.7. The molecule has 17 nitrogen and oxygen atoms in total. The molecule has 0 radical (unpaired) electrons. The molecule has 5 atom stereocenters. The number of unbranched alkanes of at least 4 members (excludes halogenated alkanes) is 39. The molecule has 0 spiro atoms. The highest BCUT2D eigenvalue weighted by atomic mass is 31.2. The van der Waals surface area contributed by atoms with Gasteiger partial charge < -0.3 is 33.8 Å². The van der Waals surface area contributed by atoms with Gasteiger partial charge in [-0.25, -0.2) is 9.13 Å². The molecule has 0 fully saturated rings. The molecule has 0 aromatic heterocycles. The number of hydrogen-bond donors (Lipinski definition) is 3. The second-order valence-electron chi connectivity index (χ2n) is 24.7. The highest BCUT2D eigenvalue weighted by Gasteiger charge is 2.30. The lowest BCUT2D eigenvalue weighted by atomic mass is 10.0. The SMILES string of the molecule is CCCCCCCCCCCCCCCCCCCCCC(=O)O[C@H](COC(=O)CCCCCCCCCCC(C)C)COP(=O)(O)OC[C@@H](O)COP(=O)(O)OC[C@@H](COC(=O)CCCCCCCCC)OC(=O)CCCCCCCCCCC. The smallest absolute Gasteiger partial charge is 0.462 e. The van der Waals surface area contributed by atoms with Crippen LogP contribution in [0.1, 0.15) is 343 Å². The fraction of sp³-hybridized carbons (Fsp3) is 0.940. The van der Waals surface area contributed by atoms with Crippen molar-refractivity contribution in [3.8, 4) is 0 Å². The Labute approximate surface area is 524 Å². The number of carbonyl (C=O) groups is 4. The Hall–Kier alpha value is -1.94. The van der Waals surface area contributed by atoms with Crippen LogP contribution in [0.3, 0.4) is 0 Å². The number of aliphatic hydroxyl groups excluding tert-OH is 1. The molecule has 510 valence electrons. The summed E-state index contributed by atoms with van der Waals surface area (Å²) in [7, 11) is -9.88. The standard InChI is InChI=1S/C67H130O17P2/c1-6-9-12-15-18-20-21-22-23-24-25-26-27-28-29-31-38-43-48-53-67(72)84-63(57-78-65(70)51-46-41-36-33-32-35-39-44-49-60(4)5)59-82-86(75,76)80-55-61(68)54-79-85(73,74)81-58-62(56-77-64(69)50-45-40-34-17-14-11-8-3)83-66(71)52-47-42-37-30-19-16-13-10-7-2/h60-63,68H,6-59H2,1-5H3,(H,73,74)(H,75,76)/t61-,62+,63+/m0/s1. The average molecular weight is 1270 g/mol. The van der Waals surface area contributed by atoms with Gasteiger partial charge >= 0.3 is 39.5 Å². The molecule has 0 aromatic carbocycles. The quantitative estimate of drug-likeness (QED) is 0.0222. The zero-order valence-electron chi connectivity index (χ0n) is 55.4. The van der Waals surface area contributed by atoms with Crippen LogP contribution in [0.4, 0.5) is 0 Å².